The highest BCUT2D eigenvalue weighted by molar-refractivity contribution is 7.99. The van der Waals surface area contributed by atoms with Crippen LogP contribution in [-0.4, -0.2) is 58.7 Å². The molecule has 0 aromatic rings. The number of carboxylic acid groups (broad SMARTS) is 1. The molecule has 1 N–H and O–H groups in total. The Hall–Kier alpha value is -0.750. The third kappa shape index (κ3) is 3.13. The number of hydrogen-bond donors (Lipinski definition) is 1. The van der Waals surface area contributed by atoms with Crippen molar-refractivity contribution in [3.05, 3.63) is 0 Å². The van der Waals surface area contributed by atoms with Crippen LogP contribution in [0.15, 0.2) is 0 Å². The van der Waals surface area contributed by atoms with Gasteiger partial charge in [0.25, 0.3) is 0 Å². The predicted molar refractivity (Wildman–Crippen MR) is 64.1 cm³/mol. The molecule has 0 spiro atoms. The van der Waals surface area contributed by atoms with Crippen molar-refractivity contribution in [1.82, 2.24) is 4.90 Å². The van der Waals surface area contributed by atoms with Gasteiger partial charge in [-0.25, -0.2) is 4.79 Å². The van der Waals surface area contributed by atoms with Crippen molar-refractivity contribution in [2.45, 2.75) is 31.4 Å². The molecule has 5 nitrogen and oxygen atoms in total. The Bertz CT molecular complexity index is 304. The van der Waals surface area contributed by atoms with E-state index in [4.69, 9.17) is 9.84 Å². The summed E-state index contributed by atoms with van der Waals surface area (Å²) in [7, 11) is 0. The number of amides is 1. The molecule has 2 rings (SSSR count). The quantitative estimate of drug-likeness (QED) is 0.803. The molecule has 2 atom stereocenters. The first-order valence-corrected chi connectivity index (χ1v) is 7.05. The summed E-state index contributed by atoms with van der Waals surface area (Å²) < 4.78 is 5.41. The Morgan fingerprint density at radius 3 is 2.94 bits per heavy atom. The van der Waals surface area contributed by atoms with Crippen molar-refractivity contribution in [1.29, 1.82) is 0 Å². The highest BCUT2D eigenvalue weighted by Gasteiger charge is 2.33. The van der Waals surface area contributed by atoms with E-state index < -0.39 is 12.0 Å². The van der Waals surface area contributed by atoms with Crippen LogP contribution in [0.2, 0.25) is 0 Å². The first-order valence-electron chi connectivity index (χ1n) is 5.90. The van der Waals surface area contributed by atoms with Gasteiger partial charge in [0.1, 0.15) is 6.04 Å². The molecule has 0 aromatic heterocycles. The van der Waals surface area contributed by atoms with Crippen LogP contribution in [0.3, 0.4) is 0 Å². The molecule has 0 aromatic carbocycles. The Morgan fingerprint density at radius 2 is 2.29 bits per heavy atom. The summed E-state index contributed by atoms with van der Waals surface area (Å²) in [6.45, 7) is 1.25. The van der Waals surface area contributed by atoms with E-state index in [9.17, 15) is 9.59 Å². The van der Waals surface area contributed by atoms with E-state index in [-0.39, 0.29) is 12.0 Å². The molecule has 2 fully saturated rings. The lowest BCUT2D eigenvalue weighted by Crippen LogP contribution is -2.50. The fraction of sp³-hybridized carbons (Fsp3) is 0.818. The van der Waals surface area contributed by atoms with Crippen molar-refractivity contribution in [2.24, 2.45) is 0 Å². The lowest BCUT2D eigenvalue weighted by Gasteiger charge is -2.33. The molecule has 2 unspecified atom stereocenters. The average Bonchev–Trinajstić information content (AvgIpc) is 2.81. The summed E-state index contributed by atoms with van der Waals surface area (Å²) in [6.07, 6.45) is 2.22. The van der Waals surface area contributed by atoms with E-state index in [1.54, 1.807) is 11.8 Å². The van der Waals surface area contributed by atoms with Crippen molar-refractivity contribution >= 4 is 23.6 Å². The molecule has 0 bridgehead atoms. The SMILES string of the molecule is O=C(O)C1CSCCN1C(=O)CC1CCCO1. The zero-order valence-electron chi connectivity index (χ0n) is 9.63. The second kappa shape index (κ2) is 5.73. The molecule has 2 aliphatic heterocycles. The second-order valence-corrected chi connectivity index (χ2v) is 5.51. The van der Waals surface area contributed by atoms with E-state index in [0.717, 1.165) is 25.2 Å². The molecule has 6 heteroatoms. The smallest absolute Gasteiger partial charge is 0.327 e. The van der Waals surface area contributed by atoms with Gasteiger partial charge in [-0.05, 0) is 12.8 Å². The number of carboxylic acids is 1. The Labute approximate surface area is 104 Å². The fourth-order valence-electron chi connectivity index (χ4n) is 2.22. The first kappa shape index (κ1) is 12.7. The number of carbonyl (C=O) groups is 2. The zero-order chi connectivity index (χ0) is 12.3. The number of rotatable bonds is 3. The topological polar surface area (TPSA) is 66.8 Å². The van der Waals surface area contributed by atoms with Crippen LogP contribution in [0.1, 0.15) is 19.3 Å². The van der Waals surface area contributed by atoms with Crippen LogP contribution in [-0.2, 0) is 14.3 Å². The van der Waals surface area contributed by atoms with Gasteiger partial charge < -0.3 is 14.7 Å². The number of nitrogens with zero attached hydrogens (tertiary/aromatic N) is 1. The van der Waals surface area contributed by atoms with Gasteiger partial charge in [-0.1, -0.05) is 0 Å². The van der Waals surface area contributed by atoms with Gasteiger partial charge in [-0.15, -0.1) is 0 Å². The Balaban J connectivity index is 1.93. The van der Waals surface area contributed by atoms with Crippen molar-refractivity contribution in [2.75, 3.05) is 24.7 Å². The third-order valence-electron chi connectivity index (χ3n) is 3.16. The maximum Gasteiger partial charge on any atom is 0.327 e. The van der Waals surface area contributed by atoms with Crippen LogP contribution >= 0.6 is 11.8 Å². The van der Waals surface area contributed by atoms with Gasteiger partial charge in [0.05, 0.1) is 12.5 Å². The monoisotopic (exact) mass is 259 g/mol. The Morgan fingerprint density at radius 1 is 1.47 bits per heavy atom. The molecule has 2 heterocycles. The predicted octanol–water partition coefficient (Wildman–Crippen LogP) is 0.584. The summed E-state index contributed by atoms with van der Waals surface area (Å²) in [5.41, 5.74) is 0. The maximum atomic E-state index is 12.0. The molecule has 0 saturated carbocycles. The van der Waals surface area contributed by atoms with Crippen molar-refractivity contribution in [3.8, 4) is 0 Å². The van der Waals surface area contributed by atoms with Gasteiger partial charge in [-0.2, -0.15) is 11.8 Å². The number of aliphatic carboxylic acids is 1. The summed E-state index contributed by atoms with van der Waals surface area (Å²) in [6, 6.07) is -0.664. The van der Waals surface area contributed by atoms with E-state index >= 15 is 0 Å². The fourth-order valence-corrected chi connectivity index (χ4v) is 3.26. The van der Waals surface area contributed by atoms with Gasteiger partial charge in [0.2, 0.25) is 5.91 Å². The average molecular weight is 259 g/mol. The summed E-state index contributed by atoms with van der Waals surface area (Å²) >= 11 is 1.59. The molecule has 2 saturated heterocycles. The van der Waals surface area contributed by atoms with E-state index in [2.05, 4.69) is 0 Å². The van der Waals surface area contributed by atoms with Crippen LogP contribution in [0.5, 0.6) is 0 Å². The highest BCUT2D eigenvalue weighted by atomic mass is 32.2. The standard InChI is InChI=1S/C11H17NO4S/c13-10(6-8-2-1-4-16-8)12-3-5-17-7-9(12)11(14)15/h8-9H,1-7H2,(H,14,15). The number of ether oxygens (including phenoxy) is 1. The molecule has 17 heavy (non-hydrogen) atoms. The minimum Gasteiger partial charge on any atom is -0.480 e. The molecule has 1 amide bonds. The van der Waals surface area contributed by atoms with Gasteiger partial charge in [0, 0.05) is 24.7 Å². The lowest BCUT2D eigenvalue weighted by molar-refractivity contribution is -0.150. The molecule has 96 valence electrons. The minimum atomic E-state index is -0.905. The maximum absolute atomic E-state index is 12.0. The molecule has 0 radical (unpaired) electrons. The molecular weight excluding hydrogens is 242 g/mol. The lowest BCUT2D eigenvalue weighted by atomic mass is 10.1. The van der Waals surface area contributed by atoms with Crippen molar-refractivity contribution in [3.63, 3.8) is 0 Å². The Kier molecular flexibility index (Phi) is 4.28. The molecular formula is C11H17NO4S. The van der Waals surface area contributed by atoms with E-state index in [1.165, 1.54) is 4.90 Å². The van der Waals surface area contributed by atoms with Crippen LogP contribution < -0.4 is 0 Å². The summed E-state index contributed by atoms with van der Waals surface area (Å²) in [5.74, 6) is 0.329. The summed E-state index contributed by atoms with van der Waals surface area (Å²) in [4.78, 5) is 24.6. The van der Waals surface area contributed by atoms with Gasteiger partial charge in [-0.3, -0.25) is 4.79 Å². The number of carbonyl (C=O) groups excluding carboxylic acids is 1. The van der Waals surface area contributed by atoms with Crippen LogP contribution in [0.25, 0.3) is 0 Å². The van der Waals surface area contributed by atoms with E-state index in [1.807, 2.05) is 0 Å². The third-order valence-corrected chi connectivity index (χ3v) is 4.18. The second-order valence-electron chi connectivity index (χ2n) is 4.36. The van der Waals surface area contributed by atoms with Gasteiger partial charge in [0.15, 0.2) is 0 Å². The van der Waals surface area contributed by atoms with E-state index in [0.29, 0.717) is 18.7 Å². The molecule has 2 aliphatic rings. The largest absolute Gasteiger partial charge is 0.480 e. The van der Waals surface area contributed by atoms with Crippen molar-refractivity contribution < 1.29 is 19.4 Å². The number of hydrogen-bond acceptors (Lipinski definition) is 4. The first-order chi connectivity index (χ1) is 8.18. The number of thioether (sulfide) groups is 1. The summed E-state index contributed by atoms with van der Waals surface area (Å²) in [5, 5.41) is 9.08. The highest BCUT2D eigenvalue weighted by Crippen LogP contribution is 2.21. The van der Waals surface area contributed by atoms with Gasteiger partial charge >= 0.3 is 5.97 Å². The zero-order valence-corrected chi connectivity index (χ0v) is 10.4. The van der Waals surface area contributed by atoms with Crippen LogP contribution in [0.4, 0.5) is 0 Å². The normalized spacial score (nSPS) is 29.3. The molecule has 0 aliphatic carbocycles. The minimum absolute atomic E-state index is 0.00785. The van der Waals surface area contributed by atoms with Crippen LogP contribution in [0, 0.1) is 0 Å².